The number of rotatable bonds is 4. The first kappa shape index (κ1) is 30.2. The molecule has 9 nitrogen and oxygen atoms in total. The minimum absolute atomic E-state index is 0.169. The number of hydrogen-bond donors (Lipinski definition) is 0. The summed E-state index contributed by atoms with van der Waals surface area (Å²) in [5.74, 6) is -3.73. The molecule has 6 atom stereocenters. The quantitative estimate of drug-likeness (QED) is 0.315. The van der Waals surface area contributed by atoms with Crippen molar-refractivity contribution in [1.82, 2.24) is 0 Å². The van der Waals surface area contributed by atoms with Gasteiger partial charge in [0.1, 0.15) is 16.9 Å². The van der Waals surface area contributed by atoms with Crippen molar-refractivity contribution in [2.75, 3.05) is 0 Å². The lowest BCUT2D eigenvalue weighted by Crippen LogP contribution is -2.62. The lowest BCUT2D eigenvalue weighted by atomic mass is 9.57. The summed E-state index contributed by atoms with van der Waals surface area (Å²) in [7, 11) is 0. The largest absolute Gasteiger partial charge is 0.486 e. The molecule has 2 saturated carbocycles. The second kappa shape index (κ2) is 8.26. The van der Waals surface area contributed by atoms with Gasteiger partial charge >= 0.3 is 17.6 Å². The average molecular weight is 619 g/mol. The molecule has 1 aromatic carbocycles. The van der Waals surface area contributed by atoms with Crippen molar-refractivity contribution in [2.24, 2.45) is 27.6 Å². The zero-order valence-electron chi connectivity index (χ0n) is 27.8. The number of carbonyl (C=O) groups is 4. The van der Waals surface area contributed by atoms with Gasteiger partial charge in [0.05, 0.1) is 22.7 Å². The highest BCUT2D eigenvalue weighted by molar-refractivity contribution is 6.09. The van der Waals surface area contributed by atoms with Crippen molar-refractivity contribution < 1.29 is 37.8 Å². The molecule has 0 N–H and O–H groups in total. The predicted molar refractivity (Wildman–Crippen MR) is 163 cm³/mol. The molecule has 4 heterocycles. The van der Waals surface area contributed by atoms with Crippen LogP contribution >= 0.6 is 0 Å². The number of hydrogen-bond acceptors (Lipinski definition) is 9. The van der Waals surface area contributed by atoms with E-state index in [-0.39, 0.29) is 5.58 Å². The minimum Gasteiger partial charge on any atom is -0.486 e. The van der Waals surface area contributed by atoms with Crippen LogP contribution in [0.2, 0.25) is 0 Å². The normalized spacial score (nSPS) is 38.1. The summed E-state index contributed by atoms with van der Waals surface area (Å²) in [4.78, 5) is 70.5. The number of Topliss-reactive ketones (excluding diaryl/α,β-unsaturated/α-hetero) is 2. The van der Waals surface area contributed by atoms with Crippen LogP contribution in [-0.4, -0.2) is 40.3 Å². The van der Waals surface area contributed by atoms with Gasteiger partial charge in [0.25, 0.3) is 0 Å². The lowest BCUT2D eigenvalue weighted by molar-refractivity contribution is -0.177. The molecule has 7 rings (SSSR count). The Labute approximate surface area is 262 Å². The third-order valence-corrected chi connectivity index (χ3v) is 13.7. The van der Waals surface area contributed by atoms with Crippen LogP contribution in [-0.2, 0) is 28.7 Å². The zero-order valence-corrected chi connectivity index (χ0v) is 27.8. The molecule has 4 fully saturated rings. The fourth-order valence-corrected chi connectivity index (χ4v) is 9.73. The van der Waals surface area contributed by atoms with Crippen LogP contribution < -0.4 is 10.4 Å². The topological polar surface area (TPSA) is 126 Å². The number of ether oxygens (including phenoxy) is 3. The van der Waals surface area contributed by atoms with Gasteiger partial charge in [-0.05, 0) is 84.4 Å². The van der Waals surface area contributed by atoms with Gasteiger partial charge in [-0.1, -0.05) is 27.7 Å². The first-order valence-corrected chi connectivity index (χ1v) is 16.0. The average Bonchev–Trinajstić information content (AvgIpc) is 3.40. The second-order valence-electron chi connectivity index (χ2n) is 16.3. The fourth-order valence-electron chi connectivity index (χ4n) is 9.73. The van der Waals surface area contributed by atoms with Crippen LogP contribution in [0.25, 0.3) is 11.0 Å². The maximum atomic E-state index is 15.6. The highest BCUT2D eigenvalue weighted by Gasteiger charge is 2.80. The van der Waals surface area contributed by atoms with Crippen molar-refractivity contribution in [3.8, 4) is 5.75 Å². The Bertz CT molecular complexity index is 1840. The molecule has 0 spiro atoms. The van der Waals surface area contributed by atoms with Crippen molar-refractivity contribution in [2.45, 2.75) is 118 Å². The molecule has 2 aliphatic carbocycles. The van der Waals surface area contributed by atoms with Crippen LogP contribution in [0.1, 0.15) is 104 Å². The van der Waals surface area contributed by atoms with Gasteiger partial charge in [-0.3, -0.25) is 19.2 Å². The molecule has 5 aliphatic rings. The van der Waals surface area contributed by atoms with E-state index in [1.165, 1.54) is 6.07 Å². The van der Waals surface area contributed by atoms with Crippen LogP contribution in [0, 0.1) is 41.4 Å². The molecular weight excluding hydrogens is 576 g/mol. The number of ketones is 2. The van der Waals surface area contributed by atoms with E-state index in [0.717, 1.165) is 0 Å². The number of aryl methyl sites for hydroxylation is 2. The van der Waals surface area contributed by atoms with Gasteiger partial charge in [0.15, 0.2) is 22.8 Å². The SMILES string of the molecule is Cc1cc2c(C)cc(=O)oc2c2c1OC(C)(C)[C@H](C(=O)[C@@]13CC[C@@](C)(C(=O)O1)C3(C)C)[C@H]2C(=O)[C@@]12CC[C@@](C)(C(=O)O1)C2(C)C. The second-order valence-corrected chi connectivity index (χ2v) is 16.3. The Hall–Kier alpha value is -3.49. The van der Waals surface area contributed by atoms with E-state index in [1.807, 2.05) is 54.5 Å². The van der Waals surface area contributed by atoms with Gasteiger partial charge in [-0.2, -0.15) is 0 Å². The number of carbonyl (C=O) groups excluding carboxylic acids is 4. The molecule has 1 aromatic heterocycles. The highest BCUT2D eigenvalue weighted by Crippen LogP contribution is 2.70. The number of benzene rings is 1. The van der Waals surface area contributed by atoms with E-state index < -0.39 is 79.4 Å². The summed E-state index contributed by atoms with van der Waals surface area (Å²) in [6.45, 7) is 18.4. The molecule has 4 bridgehead atoms. The lowest BCUT2D eigenvalue weighted by Gasteiger charge is -2.49. The third-order valence-electron chi connectivity index (χ3n) is 13.7. The predicted octanol–water partition coefficient (Wildman–Crippen LogP) is 5.66. The van der Waals surface area contributed by atoms with E-state index in [4.69, 9.17) is 18.6 Å². The van der Waals surface area contributed by atoms with Gasteiger partial charge < -0.3 is 18.6 Å². The van der Waals surface area contributed by atoms with Crippen molar-refractivity contribution in [3.05, 3.63) is 39.2 Å². The molecule has 45 heavy (non-hydrogen) atoms. The van der Waals surface area contributed by atoms with Crippen molar-refractivity contribution in [3.63, 3.8) is 0 Å². The smallest absolute Gasteiger partial charge is 0.336 e. The Morgan fingerprint density at radius 1 is 0.689 bits per heavy atom. The molecule has 240 valence electrons. The van der Waals surface area contributed by atoms with E-state index in [0.29, 0.717) is 53.5 Å². The number of esters is 2. The molecular formula is C36H42O9. The Balaban J connectivity index is 1.54. The minimum atomic E-state index is -1.53. The summed E-state index contributed by atoms with van der Waals surface area (Å²) >= 11 is 0. The van der Waals surface area contributed by atoms with E-state index >= 15 is 9.59 Å². The van der Waals surface area contributed by atoms with Crippen molar-refractivity contribution in [1.29, 1.82) is 0 Å². The summed E-state index contributed by atoms with van der Waals surface area (Å²) in [5.41, 5.74) is -6.60. The van der Waals surface area contributed by atoms with Crippen LogP contribution in [0.15, 0.2) is 21.3 Å². The Morgan fingerprint density at radius 2 is 1.20 bits per heavy atom. The molecule has 3 aliphatic heterocycles. The van der Waals surface area contributed by atoms with Gasteiger partial charge in [-0.15, -0.1) is 0 Å². The molecule has 9 heteroatoms. The third kappa shape index (κ3) is 3.09. The summed E-state index contributed by atoms with van der Waals surface area (Å²) in [5, 5.41) is 0.619. The first-order valence-electron chi connectivity index (χ1n) is 16.0. The summed E-state index contributed by atoms with van der Waals surface area (Å²) < 4.78 is 24.8. The first-order chi connectivity index (χ1) is 20.6. The number of fused-ring (bicyclic) bond motifs is 7. The molecule has 0 amide bonds. The maximum Gasteiger partial charge on any atom is 0.336 e. The Morgan fingerprint density at radius 3 is 1.67 bits per heavy atom. The highest BCUT2D eigenvalue weighted by atomic mass is 16.6. The van der Waals surface area contributed by atoms with Crippen LogP contribution in [0.5, 0.6) is 5.75 Å². The maximum absolute atomic E-state index is 15.6. The summed E-state index contributed by atoms with van der Waals surface area (Å²) in [6.07, 6.45) is 1.54. The van der Waals surface area contributed by atoms with E-state index in [2.05, 4.69) is 0 Å². The van der Waals surface area contributed by atoms with E-state index in [9.17, 15) is 14.4 Å². The van der Waals surface area contributed by atoms with Gasteiger partial charge in [0, 0.05) is 27.8 Å². The van der Waals surface area contributed by atoms with Crippen molar-refractivity contribution >= 4 is 34.5 Å². The standard InChI is InChI=1S/C36H42O9/c1-17-16-20(37)42-25-19(17)15-18(2)24-22(25)21(26(38)35-13-11-33(9,28(40)44-35)31(35,5)6)23(30(3,4)43-24)27(39)36-14-12-34(10,29(41)45-36)32(36,7)8/h15-16,21,23H,11-14H2,1-10H3/t21-,23-,33-,34-,35+,36+/m0/s1. The zero-order chi connectivity index (χ0) is 33.1. The van der Waals surface area contributed by atoms with E-state index in [1.54, 1.807) is 20.8 Å². The Kier molecular flexibility index (Phi) is 5.54. The monoisotopic (exact) mass is 618 g/mol. The van der Waals surface area contributed by atoms with Crippen LogP contribution in [0.4, 0.5) is 0 Å². The fraction of sp³-hybridized carbons (Fsp3) is 0.639. The summed E-state index contributed by atoms with van der Waals surface area (Å²) in [6, 6.07) is 3.25. The molecule has 0 unspecified atom stereocenters. The molecule has 0 radical (unpaired) electrons. The molecule has 2 saturated heterocycles. The van der Waals surface area contributed by atoms with Gasteiger partial charge in [0.2, 0.25) is 0 Å². The van der Waals surface area contributed by atoms with Gasteiger partial charge in [-0.25, -0.2) is 4.79 Å². The molecule has 2 aromatic rings. The van der Waals surface area contributed by atoms with Crippen LogP contribution in [0.3, 0.4) is 0 Å².